The molecule has 0 aliphatic heterocycles. The van der Waals surface area contributed by atoms with Gasteiger partial charge in [0.25, 0.3) is 5.91 Å². The number of rotatable bonds is 4. The summed E-state index contributed by atoms with van der Waals surface area (Å²) < 4.78 is 1.79. The molecule has 0 atom stereocenters. The van der Waals surface area contributed by atoms with Crippen LogP contribution in [0.15, 0.2) is 67.3 Å². The van der Waals surface area contributed by atoms with E-state index in [0.717, 1.165) is 5.56 Å². The van der Waals surface area contributed by atoms with Crippen LogP contribution in [0.2, 0.25) is 0 Å². The van der Waals surface area contributed by atoms with E-state index >= 15 is 0 Å². The van der Waals surface area contributed by atoms with E-state index in [9.17, 15) is 4.79 Å². The molecule has 0 aliphatic carbocycles. The van der Waals surface area contributed by atoms with E-state index in [1.165, 1.54) is 6.20 Å². The maximum Gasteiger partial charge on any atom is 0.257 e. The number of aromatic nitrogens is 3. The molecular weight excluding hydrogens is 264 g/mol. The van der Waals surface area contributed by atoms with Crippen molar-refractivity contribution in [2.45, 2.75) is 6.54 Å². The lowest BCUT2D eigenvalue weighted by Gasteiger charge is -2.02. The summed E-state index contributed by atoms with van der Waals surface area (Å²) in [4.78, 5) is 15.9. The number of hydrogen-bond donors (Lipinski definition) is 1. The molecule has 3 rings (SSSR count). The van der Waals surface area contributed by atoms with E-state index < -0.39 is 0 Å². The molecule has 1 aromatic carbocycles. The molecular formula is C16H14N4O. The lowest BCUT2D eigenvalue weighted by atomic mass is 10.2. The highest BCUT2D eigenvalue weighted by Crippen LogP contribution is 2.09. The highest BCUT2D eigenvalue weighted by molar-refractivity contribution is 6.03. The van der Waals surface area contributed by atoms with Crippen LogP contribution in [0.1, 0.15) is 15.9 Å². The van der Waals surface area contributed by atoms with Crippen molar-refractivity contribution in [2.24, 2.45) is 0 Å². The zero-order valence-electron chi connectivity index (χ0n) is 11.3. The Kier molecular flexibility index (Phi) is 3.73. The van der Waals surface area contributed by atoms with Gasteiger partial charge in [0.15, 0.2) is 0 Å². The Morgan fingerprint density at radius 1 is 1.10 bits per heavy atom. The van der Waals surface area contributed by atoms with Crippen LogP contribution in [-0.2, 0) is 6.54 Å². The van der Waals surface area contributed by atoms with Gasteiger partial charge in [-0.1, -0.05) is 30.3 Å². The molecule has 0 unspecified atom stereocenters. The largest absolute Gasteiger partial charge is 0.319 e. The number of pyridine rings is 1. The Morgan fingerprint density at radius 2 is 1.95 bits per heavy atom. The number of anilines is 1. The minimum atomic E-state index is -0.192. The van der Waals surface area contributed by atoms with E-state index in [-0.39, 0.29) is 5.91 Å². The van der Waals surface area contributed by atoms with Crippen molar-refractivity contribution in [1.82, 2.24) is 14.8 Å². The minimum absolute atomic E-state index is 0.192. The van der Waals surface area contributed by atoms with E-state index in [0.29, 0.717) is 17.8 Å². The summed E-state index contributed by atoms with van der Waals surface area (Å²) in [6.45, 7) is 0.670. The van der Waals surface area contributed by atoms with Crippen molar-refractivity contribution in [2.75, 3.05) is 5.32 Å². The van der Waals surface area contributed by atoms with Crippen molar-refractivity contribution in [3.05, 3.63) is 78.4 Å². The van der Waals surface area contributed by atoms with Gasteiger partial charge in [0.2, 0.25) is 0 Å². The monoisotopic (exact) mass is 278 g/mol. The molecule has 21 heavy (non-hydrogen) atoms. The number of hydrogen-bond acceptors (Lipinski definition) is 3. The number of nitrogens with one attached hydrogen (secondary N) is 1. The van der Waals surface area contributed by atoms with E-state index in [4.69, 9.17) is 0 Å². The maximum atomic E-state index is 12.0. The molecule has 0 aliphatic rings. The summed E-state index contributed by atoms with van der Waals surface area (Å²) in [5.74, 6) is -0.192. The van der Waals surface area contributed by atoms with Gasteiger partial charge >= 0.3 is 0 Å². The zero-order valence-corrected chi connectivity index (χ0v) is 11.3. The molecule has 2 heterocycles. The third kappa shape index (κ3) is 3.33. The average molecular weight is 278 g/mol. The highest BCUT2D eigenvalue weighted by atomic mass is 16.1. The molecule has 0 saturated carbocycles. The standard InChI is InChI=1S/C16H14N4O/c21-16(14-7-4-8-17-9-14)19-15-10-18-20(12-15)11-13-5-2-1-3-6-13/h1-10,12H,11H2,(H,19,21). The number of carbonyl (C=O) groups excluding carboxylic acids is 1. The Morgan fingerprint density at radius 3 is 2.71 bits per heavy atom. The zero-order chi connectivity index (χ0) is 14.5. The average Bonchev–Trinajstić information content (AvgIpc) is 2.96. The second kappa shape index (κ2) is 6.00. The van der Waals surface area contributed by atoms with Crippen LogP contribution in [0.25, 0.3) is 0 Å². The van der Waals surface area contributed by atoms with Gasteiger partial charge in [-0.2, -0.15) is 5.10 Å². The SMILES string of the molecule is O=C(Nc1cnn(Cc2ccccc2)c1)c1cccnc1. The van der Waals surface area contributed by atoms with Gasteiger partial charge in [-0.05, 0) is 17.7 Å². The van der Waals surface area contributed by atoms with E-state index in [1.807, 2.05) is 30.3 Å². The number of amides is 1. The van der Waals surface area contributed by atoms with Crippen LogP contribution in [0.5, 0.6) is 0 Å². The Hall–Kier alpha value is -2.95. The first kappa shape index (κ1) is 13.1. The third-order valence-corrected chi connectivity index (χ3v) is 3.00. The molecule has 5 heteroatoms. The van der Waals surface area contributed by atoms with Crippen LogP contribution in [0, 0.1) is 0 Å². The summed E-state index contributed by atoms with van der Waals surface area (Å²) in [5, 5.41) is 7.05. The van der Waals surface area contributed by atoms with Crippen molar-refractivity contribution < 1.29 is 4.79 Å². The quantitative estimate of drug-likeness (QED) is 0.798. The fourth-order valence-corrected chi connectivity index (χ4v) is 1.99. The lowest BCUT2D eigenvalue weighted by Crippen LogP contribution is -2.11. The van der Waals surface area contributed by atoms with Crippen LogP contribution in [0.4, 0.5) is 5.69 Å². The fourth-order valence-electron chi connectivity index (χ4n) is 1.99. The molecule has 0 saturated heterocycles. The van der Waals surface area contributed by atoms with Crippen LogP contribution >= 0.6 is 0 Å². The molecule has 0 fully saturated rings. The van der Waals surface area contributed by atoms with Crippen molar-refractivity contribution in [1.29, 1.82) is 0 Å². The molecule has 3 aromatic rings. The normalized spacial score (nSPS) is 10.3. The Labute approximate surface area is 122 Å². The summed E-state index contributed by atoms with van der Waals surface area (Å²) in [6.07, 6.45) is 6.61. The molecule has 0 spiro atoms. The van der Waals surface area contributed by atoms with Crippen molar-refractivity contribution in [3.63, 3.8) is 0 Å². The first-order chi connectivity index (χ1) is 10.3. The second-order valence-electron chi connectivity index (χ2n) is 4.61. The maximum absolute atomic E-state index is 12.0. The first-order valence-electron chi connectivity index (χ1n) is 6.59. The van der Waals surface area contributed by atoms with Gasteiger partial charge < -0.3 is 5.32 Å². The minimum Gasteiger partial charge on any atom is -0.319 e. The smallest absolute Gasteiger partial charge is 0.257 e. The van der Waals surface area contributed by atoms with Gasteiger partial charge in [0.1, 0.15) is 0 Å². The second-order valence-corrected chi connectivity index (χ2v) is 4.61. The predicted molar refractivity (Wildman–Crippen MR) is 80.0 cm³/mol. The van der Waals surface area contributed by atoms with Crippen molar-refractivity contribution >= 4 is 11.6 Å². The van der Waals surface area contributed by atoms with Gasteiger partial charge in [0.05, 0.1) is 24.0 Å². The Bertz CT molecular complexity index is 722. The van der Waals surface area contributed by atoms with Crippen LogP contribution < -0.4 is 5.32 Å². The van der Waals surface area contributed by atoms with Crippen LogP contribution in [-0.4, -0.2) is 20.7 Å². The van der Waals surface area contributed by atoms with Gasteiger partial charge in [0, 0.05) is 18.6 Å². The first-order valence-corrected chi connectivity index (χ1v) is 6.59. The topological polar surface area (TPSA) is 59.8 Å². The number of carbonyl (C=O) groups is 1. The molecule has 0 radical (unpaired) electrons. The summed E-state index contributed by atoms with van der Waals surface area (Å²) >= 11 is 0. The molecule has 1 amide bonds. The molecule has 2 aromatic heterocycles. The van der Waals surface area contributed by atoms with E-state index in [2.05, 4.69) is 15.4 Å². The summed E-state index contributed by atoms with van der Waals surface area (Å²) in [6, 6.07) is 13.5. The molecule has 5 nitrogen and oxygen atoms in total. The van der Waals surface area contributed by atoms with Crippen LogP contribution in [0.3, 0.4) is 0 Å². The number of nitrogens with zero attached hydrogens (tertiary/aromatic N) is 3. The number of benzene rings is 1. The molecule has 0 bridgehead atoms. The summed E-state index contributed by atoms with van der Waals surface area (Å²) in [7, 11) is 0. The van der Waals surface area contributed by atoms with Gasteiger partial charge in [-0.15, -0.1) is 0 Å². The lowest BCUT2D eigenvalue weighted by molar-refractivity contribution is 0.102. The van der Waals surface area contributed by atoms with Crippen molar-refractivity contribution in [3.8, 4) is 0 Å². The van der Waals surface area contributed by atoms with Gasteiger partial charge in [-0.25, -0.2) is 0 Å². The third-order valence-electron chi connectivity index (χ3n) is 3.00. The molecule has 1 N–H and O–H groups in total. The highest BCUT2D eigenvalue weighted by Gasteiger charge is 2.07. The molecule has 104 valence electrons. The predicted octanol–water partition coefficient (Wildman–Crippen LogP) is 2.58. The van der Waals surface area contributed by atoms with Gasteiger partial charge in [-0.3, -0.25) is 14.5 Å². The fraction of sp³-hybridized carbons (Fsp3) is 0.0625. The Balaban J connectivity index is 1.67. The summed E-state index contributed by atoms with van der Waals surface area (Å²) in [5.41, 5.74) is 2.35. The van der Waals surface area contributed by atoms with E-state index in [1.54, 1.807) is 35.4 Å².